The van der Waals surface area contributed by atoms with Gasteiger partial charge < -0.3 is 14.2 Å². The predicted molar refractivity (Wildman–Crippen MR) is 177 cm³/mol. The first-order chi connectivity index (χ1) is 20.2. The van der Waals surface area contributed by atoms with Gasteiger partial charge in [-0.3, -0.25) is 14.2 Å². The molecular formula is C31H24I2N2O6S. The van der Waals surface area contributed by atoms with Gasteiger partial charge in [0, 0.05) is 21.6 Å². The van der Waals surface area contributed by atoms with Crippen LogP contribution in [0.3, 0.4) is 0 Å². The Morgan fingerprint density at radius 2 is 1.79 bits per heavy atom. The van der Waals surface area contributed by atoms with Crippen LogP contribution in [0.1, 0.15) is 36.6 Å². The summed E-state index contributed by atoms with van der Waals surface area (Å²) in [5, 5.41) is 0. The fourth-order valence-corrected chi connectivity index (χ4v) is 7.61. The molecule has 42 heavy (non-hydrogen) atoms. The van der Waals surface area contributed by atoms with E-state index in [1.54, 1.807) is 32.2 Å². The van der Waals surface area contributed by atoms with Gasteiger partial charge in [-0.25, -0.2) is 9.79 Å². The van der Waals surface area contributed by atoms with E-state index >= 15 is 0 Å². The van der Waals surface area contributed by atoms with Crippen molar-refractivity contribution in [2.45, 2.75) is 19.9 Å². The number of carbonyl (C=O) groups is 2. The zero-order valence-electron chi connectivity index (χ0n) is 22.7. The minimum atomic E-state index is -0.812. The van der Waals surface area contributed by atoms with E-state index in [0.29, 0.717) is 37.7 Å². The SMILES string of the molecule is CCOC(=O)C1=C(c2ccccc2)N=c2s/c(=C\c3cc(I)cc(I)c3OC(C)=O)c(=O)n2[C@@H]1c1ccc(OC)cc1. The third-order valence-corrected chi connectivity index (χ3v) is 8.78. The van der Waals surface area contributed by atoms with Gasteiger partial charge in [0.15, 0.2) is 10.6 Å². The molecule has 1 atom stereocenters. The van der Waals surface area contributed by atoms with Gasteiger partial charge in [-0.05, 0) is 88.0 Å². The van der Waals surface area contributed by atoms with E-state index in [1.165, 1.54) is 22.8 Å². The lowest BCUT2D eigenvalue weighted by Crippen LogP contribution is -2.40. The normalized spacial score (nSPS) is 14.7. The number of methoxy groups -OCH3 is 1. The molecule has 3 aromatic carbocycles. The van der Waals surface area contributed by atoms with Crippen LogP contribution < -0.4 is 24.4 Å². The molecule has 11 heteroatoms. The van der Waals surface area contributed by atoms with Crippen molar-refractivity contribution in [1.29, 1.82) is 0 Å². The average Bonchev–Trinajstić information content (AvgIpc) is 3.28. The Balaban J connectivity index is 1.83. The largest absolute Gasteiger partial charge is 0.497 e. The molecule has 4 aromatic rings. The van der Waals surface area contributed by atoms with E-state index in [2.05, 4.69) is 45.2 Å². The molecule has 1 aromatic heterocycles. The number of ether oxygens (including phenoxy) is 3. The number of aromatic nitrogens is 1. The number of rotatable bonds is 7. The zero-order valence-corrected chi connectivity index (χ0v) is 27.9. The summed E-state index contributed by atoms with van der Waals surface area (Å²) in [5.41, 5.74) is 2.36. The fraction of sp³-hybridized carbons (Fsp3) is 0.161. The Bertz CT molecular complexity index is 1900. The lowest BCUT2D eigenvalue weighted by atomic mass is 9.93. The molecule has 0 N–H and O–H groups in total. The van der Waals surface area contributed by atoms with E-state index < -0.39 is 18.0 Å². The minimum absolute atomic E-state index is 0.161. The molecule has 0 unspecified atom stereocenters. The van der Waals surface area contributed by atoms with Crippen LogP contribution in [0.25, 0.3) is 11.8 Å². The van der Waals surface area contributed by atoms with Gasteiger partial charge in [-0.15, -0.1) is 0 Å². The van der Waals surface area contributed by atoms with Crippen molar-refractivity contribution in [3.8, 4) is 11.5 Å². The topological polar surface area (TPSA) is 96.2 Å². The molecule has 0 saturated carbocycles. The van der Waals surface area contributed by atoms with Gasteiger partial charge in [0.25, 0.3) is 5.56 Å². The highest BCUT2D eigenvalue weighted by Crippen LogP contribution is 2.36. The number of halogens is 2. The van der Waals surface area contributed by atoms with Crippen molar-refractivity contribution in [2.75, 3.05) is 13.7 Å². The van der Waals surface area contributed by atoms with Crippen molar-refractivity contribution in [1.82, 2.24) is 4.57 Å². The second-order valence-corrected chi connectivity index (χ2v) is 12.5. The second kappa shape index (κ2) is 12.9. The fourth-order valence-electron chi connectivity index (χ4n) is 4.62. The molecular weight excluding hydrogens is 782 g/mol. The molecule has 5 rings (SSSR count). The summed E-state index contributed by atoms with van der Waals surface area (Å²) in [4.78, 5) is 44.9. The van der Waals surface area contributed by atoms with Crippen LogP contribution in [0.4, 0.5) is 0 Å². The van der Waals surface area contributed by atoms with Crippen molar-refractivity contribution in [2.24, 2.45) is 4.99 Å². The van der Waals surface area contributed by atoms with Crippen molar-refractivity contribution in [3.05, 3.63) is 116 Å². The zero-order chi connectivity index (χ0) is 30.0. The molecule has 0 aliphatic carbocycles. The molecule has 0 fully saturated rings. The van der Waals surface area contributed by atoms with Crippen LogP contribution in [0.15, 0.2) is 82.1 Å². The number of hydrogen-bond donors (Lipinski definition) is 0. The Morgan fingerprint density at radius 3 is 2.43 bits per heavy atom. The number of carbonyl (C=O) groups excluding carboxylic acids is 2. The maximum atomic E-state index is 14.2. The summed E-state index contributed by atoms with van der Waals surface area (Å²) in [6, 6.07) is 19.5. The van der Waals surface area contributed by atoms with Gasteiger partial charge in [0.05, 0.1) is 39.1 Å². The molecule has 0 bridgehead atoms. The van der Waals surface area contributed by atoms with Crippen LogP contribution >= 0.6 is 56.5 Å². The maximum absolute atomic E-state index is 14.2. The Morgan fingerprint density at radius 1 is 1.07 bits per heavy atom. The van der Waals surface area contributed by atoms with Gasteiger partial charge >= 0.3 is 11.9 Å². The maximum Gasteiger partial charge on any atom is 0.338 e. The Hall–Kier alpha value is -3.30. The first-order valence-corrected chi connectivity index (χ1v) is 15.8. The number of benzene rings is 3. The third-order valence-electron chi connectivity index (χ3n) is 6.37. The first kappa shape index (κ1) is 30.2. The Kier molecular flexibility index (Phi) is 9.28. The summed E-state index contributed by atoms with van der Waals surface area (Å²) in [6.45, 7) is 3.23. The number of thiazole rings is 1. The molecule has 0 saturated heterocycles. The molecule has 1 aliphatic heterocycles. The molecule has 1 aliphatic rings. The van der Waals surface area contributed by atoms with E-state index in [9.17, 15) is 14.4 Å². The van der Waals surface area contributed by atoms with Crippen LogP contribution in [-0.4, -0.2) is 30.2 Å². The first-order valence-electron chi connectivity index (χ1n) is 12.8. The number of esters is 2. The smallest absolute Gasteiger partial charge is 0.338 e. The average molecular weight is 806 g/mol. The Labute approximate surface area is 272 Å². The van der Waals surface area contributed by atoms with Gasteiger partial charge in [-0.1, -0.05) is 53.8 Å². The number of fused-ring (bicyclic) bond motifs is 1. The molecule has 0 radical (unpaired) electrons. The van der Waals surface area contributed by atoms with E-state index in [4.69, 9.17) is 19.2 Å². The van der Waals surface area contributed by atoms with Gasteiger partial charge in [-0.2, -0.15) is 0 Å². The lowest BCUT2D eigenvalue weighted by Gasteiger charge is -2.26. The standard InChI is InChI=1S/C31H24I2N2O6S/c1-4-40-30(38)25-26(18-8-6-5-7-9-18)34-31-35(27(25)19-10-12-22(39-3)13-11-19)29(37)24(42-31)15-20-14-21(32)16-23(33)28(20)41-17(2)36/h5-16,27H,4H2,1-3H3/b24-15-/t27-/m1/s1. The second-order valence-electron chi connectivity index (χ2n) is 9.10. The molecule has 2 heterocycles. The van der Waals surface area contributed by atoms with Crippen LogP contribution in [-0.2, 0) is 14.3 Å². The van der Waals surface area contributed by atoms with Gasteiger partial charge in [0.2, 0.25) is 0 Å². The minimum Gasteiger partial charge on any atom is -0.497 e. The molecule has 0 amide bonds. The van der Waals surface area contributed by atoms with E-state index in [0.717, 1.165) is 12.7 Å². The number of nitrogens with zero attached hydrogens (tertiary/aromatic N) is 2. The summed E-state index contributed by atoms with van der Waals surface area (Å²) >= 11 is 5.49. The van der Waals surface area contributed by atoms with Crippen LogP contribution in [0.5, 0.6) is 11.5 Å². The van der Waals surface area contributed by atoms with E-state index in [1.807, 2.05) is 54.6 Å². The summed E-state index contributed by atoms with van der Waals surface area (Å²) in [6.07, 6.45) is 1.70. The molecule has 8 nitrogen and oxygen atoms in total. The van der Waals surface area contributed by atoms with Gasteiger partial charge in [0.1, 0.15) is 5.75 Å². The quantitative estimate of drug-likeness (QED) is 0.147. The molecule has 214 valence electrons. The summed E-state index contributed by atoms with van der Waals surface area (Å²) in [5.74, 6) is -0.00327. The number of hydrogen-bond acceptors (Lipinski definition) is 8. The lowest BCUT2D eigenvalue weighted by molar-refractivity contribution is -0.139. The van der Waals surface area contributed by atoms with Crippen molar-refractivity contribution < 1.29 is 23.8 Å². The monoisotopic (exact) mass is 806 g/mol. The summed E-state index contributed by atoms with van der Waals surface area (Å²) in [7, 11) is 1.57. The highest BCUT2D eigenvalue weighted by Gasteiger charge is 2.35. The summed E-state index contributed by atoms with van der Waals surface area (Å²) < 4.78 is 19.9. The predicted octanol–water partition coefficient (Wildman–Crippen LogP) is 5.08. The van der Waals surface area contributed by atoms with Crippen LogP contribution in [0.2, 0.25) is 0 Å². The third kappa shape index (κ3) is 6.08. The van der Waals surface area contributed by atoms with Crippen molar-refractivity contribution in [3.63, 3.8) is 0 Å². The molecule has 0 spiro atoms. The highest BCUT2D eigenvalue weighted by atomic mass is 127. The highest BCUT2D eigenvalue weighted by molar-refractivity contribution is 14.1. The van der Waals surface area contributed by atoms with Crippen LogP contribution in [0, 0.1) is 7.14 Å². The van der Waals surface area contributed by atoms with Crippen molar-refractivity contribution >= 4 is 80.2 Å². The van der Waals surface area contributed by atoms with E-state index in [-0.39, 0.29) is 17.7 Å².